The summed E-state index contributed by atoms with van der Waals surface area (Å²) in [6.45, 7) is 1.97. The fraction of sp³-hybridized carbons (Fsp3) is 0.125. The molecule has 8 N–H and O–H groups in total. The smallest absolute Gasteiger partial charge is 0.122 e. The van der Waals surface area contributed by atoms with Gasteiger partial charge in [-0.05, 0) is 31.2 Å². The SMILES string of the molecule is CC(Nc1cccc(C(=N)N)c1)Nc1cccc(C(=N)N)c1. The Kier molecular flexibility index (Phi) is 4.63. The molecule has 0 aromatic heterocycles. The lowest BCUT2D eigenvalue weighted by Crippen LogP contribution is -2.25. The summed E-state index contributed by atoms with van der Waals surface area (Å²) < 4.78 is 0. The molecule has 0 fully saturated rings. The van der Waals surface area contributed by atoms with Gasteiger partial charge in [0.25, 0.3) is 0 Å². The van der Waals surface area contributed by atoms with Gasteiger partial charge in [-0.3, -0.25) is 10.8 Å². The Hall–Kier alpha value is -3.02. The quantitative estimate of drug-likeness (QED) is 0.277. The molecule has 0 saturated carbocycles. The highest BCUT2D eigenvalue weighted by atomic mass is 15.1. The number of nitrogen functional groups attached to an aromatic ring is 2. The van der Waals surface area contributed by atoms with E-state index >= 15 is 0 Å². The number of hydrogen-bond donors (Lipinski definition) is 6. The van der Waals surface area contributed by atoms with E-state index in [0.29, 0.717) is 11.1 Å². The Morgan fingerprint density at radius 3 is 1.64 bits per heavy atom. The molecule has 114 valence electrons. The van der Waals surface area contributed by atoms with Crippen LogP contribution < -0.4 is 22.1 Å². The maximum absolute atomic E-state index is 7.46. The monoisotopic (exact) mass is 296 g/mol. The van der Waals surface area contributed by atoms with E-state index in [1.54, 1.807) is 12.1 Å². The van der Waals surface area contributed by atoms with Crippen LogP contribution in [0.5, 0.6) is 0 Å². The maximum atomic E-state index is 7.46. The van der Waals surface area contributed by atoms with Crippen molar-refractivity contribution in [3.05, 3.63) is 59.7 Å². The molecule has 0 radical (unpaired) electrons. The van der Waals surface area contributed by atoms with Gasteiger partial charge in [-0.15, -0.1) is 0 Å². The molecule has 22 heavy (non-hydrogen) atoms. The average molecular weight is 296 g/mol. The first-order valence-corrected chi connectivity index (χ1v) is 6.87. The Balaban J connectivity index is 2.05. The Labute approximate surface area is 129 Å². The van der Waals surface area contributed by atoms with Crippen LogP contribution in [0.4, 0.5) is 11.4 Å². The number of anilines is 2. The zero-order valence-electron chi connectivity index (χ0n) is 12.4. The number of hydrogen-bond acceptors (Lipinski definition) is 4. The molecular formula is C16H20N6. The molecule has 0 aliphatic rings. The van der Waals surface area contributed by atoms with E-state index in [9.17, 15) is 0 Å². The lowest BCUT2D eigenvalue weighted by Gasteiger charge is -2.19. The van der Waals surface area contributed by atoms with E-state index in [1.165, 1.54) is 0 Å². The zero-order chi connectivity index (χ0) is 16.1. The van der Waals surface area contributed by atoms with Crippen molar-refractivity contribution in [3.8, 4) is 0 Å². The van der Waals surface area contributed by atoms with Gasteiger partial charge in [-0.2, -0.15) is 0 Å². The third-order valence-electron chi connectivity index (χ3n) is 3.11. The summed E-state index contributed by atoms with van der Waals surface area (Å²) in [7, 11) is 0. The van der Waals surface area contributed by atoms with Crippen molar-refractivity contribution >= 4 is 23.0 Å². The Morgan fingerprint density at radius 1 is 0.864 bits per heavy atom. The number of rotatable bonds is 6. The van der Waals surface area contributed by atoms with Gasteiger partial charge in [0.1, 0.15) is 11.7 Å². The largest absolute Gasteiger partial charge is 0.384 e. The summed E-state index contributed by atoms with van der Waals surface area (Å²) in [5, 5.41) is 21.5. The van der Waals surface area contributed by atoms with Crippen LogP contribution in [0.15, 0.2) is 48.5 Å². The average Bonchev–Trinajstić information content (AvgIpc) is 2.47. The van der Waals surface area contributed by atoms with E-state index in [-0.39, 0.29) is 17.8 Å². The van der Waals surface area contributed by atoms with Gasteiger partial charge in [-0.25, -0.2) is 0 Å². The van der Waals surface area contributed by atoms with Crippen LogP contribution in [0.3, 0.4) is 0 Å². The second kappa shape index (κ2) is 6.62. The van der Waals surface area contributed by atoms with Gasteiger partial charge in [0.15, 0.2) is 0 Å². The van der Waals surface area contributed by atoms with Crippen molar-refractivity contribution in [3.63, 3.8) is 0 Å². The van der Waals surface area contributed by atoms with Crippen LogP contribution in [0, 0.1) is 10.8 Å². The minimum atomic E-state index is -0.0515. The number of benzene rings is 2. The molecule has 0 atom stereocenters. The van der Waals surface area contributed by atoms with E-state index in [4.69, 9.17) is 22.3 Å². The summed E-state index contributed by atoms with van der Waals surface area (Å²) in [5.41, 5.74) is 14.1. The summed E-state index contributed by atoms with van der Waals surface area (Å²) in [4.78, 5) is 0. The summed E-state index contributed by atoms with van der Waals surface area (Å²) in [6, 6.07) is 14.8. The molecule has 2 rings (SSSR count). The Bertz CT molecular complexity index is 635. The number of nitrogens with one attached hydrogen (secondary N) is 4. The first-order valence-electron chi connectivity index (χ1n) is 6.87. The summed E-state index contributed by atoms with van der Waals surface area (Å²) in [6.07, 6.45) is -0.0515. The summed E-state index contributed by atoms with van der Waals surface area (Å²) >= 11 is 0. The molecule has 0 spiro atoms. The second-order valence-electron chi connectivity index (χ2n) is 5.00. The Morgan fingerprint density at radius 2 is 1.27 bits per heavy atom. The standard InChI is InChI=1S/C16H20N6/c1-10(21-13-6-2-4-11(8-13)15(17)18)22-14-7-3-5-12(9-14)16(19)20/h2-10,21-22H,1H3,(H3,17,18)(H3,19,20). The third-order valence-corrected chi connectivity index (χ3v) is 3.11. The minimum Gasteiger partial charge on any atom is -0.384 e. The van der Waals surface area contributed by atoms with Crippen LogP contribution in [0.2, 0.25) is 0 Å². The molecule has 0 saturated heterocycles. The van der Waals surface area contributed by atoms with Gasteiger partial charge in [0, 0.05) is 22.5 Å². The second-order valence-corrected chi connectivity index (χ2v) is 5.00. The molecule has 0 aliphatic heterocycles. The van der Waals surface area contributed by atoms with Gasteiger partial charge < -0.3 is 22.1 Å². The lowest BCUT2D eigenvalue weighted by molar-refractivity contribution is 0.916. The van der Waals surface area contributed by atoms with Crippen molar-refractivity contribution in [2.24, 2.45) is 11.5 Å². The molecule has 0 aliphatic carbocycles. The highest BCUT2D eigenvalue weighted by molar-refractivity contribution is 5.96. The number of amidine groups is 2. The predicted octanol–water partition coefficient (Wildman–Crippen LogP) is 2.12. The third kappa shape index (κ3) is 3.99. The summed E-state index contributed by atoms with van der Waals surface area (Å²) in [5.74, 6) is 0.0804. The van der Waals surface area contributed by atoms with Gasteiger partial charge in [-0.1, -0.05) is 24.3 Å². The maximum Gasteiger partial charge on any atom is 0.122 e. The molecule has 0 unspecified atom stereocenters. The molecular weight excluding hydrogens is 276 g/mol. The van der Waals surface area contributed by atoms with Gasteiger partial charge >= 0.3 is 0 Å². The molecule has 6 heteroatoms. The van der Waals surface area contributed by atoms with Crippen LogP contribution in [-0.2, 0) is 0 Å². The highest BCUT2D eigenvalue weighted by Gasteiger charge is 2.05. The van der Waals surface area contributed by atoms with Crippen LogP contribution >= 0.6 is 0 Å². The van der Waals surface area contributed by atoms with Crippen molar-refractivity contribution in [1.82, 2.24) is 0 Å². The molecule has 2 aromatic rings. The highest BCUT2D eigenvalue weighted by Crippen LogP contribution is 2.15. The topological polar surface area (TPSA) is 124 Å². The fourth-order valence-corrected chi connectivity index (χ4v) is 2.09. The predicted molar refractivity (Wildman–Crippen MR) is 91.6 cm³/mol. The van der Waals surface area contributed by atoms with E-state index in [0.717, 1.165) is 11.4 Å². The molecule has 0 amide bonds. The lowest BCUT2D eigenvalue weighted by atomic mass is 10.1. The van der Waals surface area contributed by atoms with Crippen molar-refractivity contribution < 1.29 is 0 Å². The molecule has 2 aromatic carbocycles. The minimum absolute atomic E-state index is 0.0402. The van der Waals surface area contributed by atoms with Gasteiger partial charge in [0.05, 0.1) is 6.17 Å². The molecule has 6 nitrogen and oxygen atoms in total. The van der Waals surface area contributed by atoms with E-state index in [2.05, 4.69) is 10.6 Å². The first-order chi connectivity index (χ1) is 10.5. The first kappa shape index (κ1) is 15.4. The van der Waals surface area contributed by atoms with Crippen molar-refractivity contribution in [2.75, 3.05) is 10.6 Å². The molecule has 0 heterocycles. The van der Waals surface area contributed by atoms with Crippen molar-refractivity contribution in [1.29, 1.82) is 10.8 Å². The normalized spacial score (nSPS) is 11.5. The van der Waals surface area contributed by atoms with Gasteiger partial charge in [0.2, 0.25) is 0 Å². The van der Waals surface area contributed by atoms with E-state index < -0.39 is 0 Å². The van der Waals surface area contributed by atoms with Crippen LogP contribution in [0.1, 0.15) is 18.1 Å². The molecule has 0 bridgehead atoms. The van der Waals surface area contributed by atoms with Crippen LogP contribution in [0.25, 0.3) is 0 Å². The zero-order valence-corrected chi connectivity index (χ0v) is 12.4. The van der Waals surface area contributed by atoms with E-state index in [1.807, 2.05) is 43.3 Å². The van der Waals surface area contributed by atoms with Crippen molar-refractivity contribution in [2.45, 2.75) is 13.1 Å². The van der Waals surface area contributed by atoms with Crippen LogP contribution in [-0.4, -0.2) is 17.8 Å². The fourth-order valence-electron chi connectivity index (χ4n) is 2.09. The number of nitrogens with two attached hydrogens (primary N) is 2.